The highest BCUT2D eigenvalue weighted by molar-refractivity contribution is 5.76. The number of allylic oxidation sites excluding steroid dienone is 9. The average molecular weight is 909 g/mol. The highest BCUT2D eigenvalue weighted by atomic mass is 16.3. The van der Waals surface area contributed by atoms with Crippen LogP contribution >= 0.6 is 0 Å². The van der Waals surface area contributed by atoms with Gasteiger partial charge in [0, 0.05) is 6.42 Å². The minimum atomic E-state index is -0.873. The molecule has 0 fully saturated rings. The predicted molar refractivity (Wildman–Crippen MR) is 290 cm³/mol. The molecule has 2 atom stereocenters. The maximum absolute atomic E-state index is 12.5. The van der Waals surface area contributed by atoms with E-state index in [4.69, 9.17) is 0 Å². The van der Waals surface area contributed by atoms with Crippen molar-refractivity contribution in [2.75, 3.05) is 6.61 Å². The Morgan fingerprint density at radius 1 is 0.369 bits per heavy atom. The van der Waals surface area contributed by atoms with Gasteiger partial charge in [0.2, 0.25) is 5.91 Å². The molecule has 4 nitrogen and oxygen atoms in total. The van der Waals surface area contributed by atoms with E-state index in [-0.39, 0.29) is 12.5 Å². The largest absolute Gasteiger partial charge is 0.394 e. The molecular weight excluding hydrogens is 795 g/mol. The maximum atomic E-state index is 12.5. The summed E-state index contributed by atoms with van der Waals surface area (Å²) >= 11 is 0. The fraction of sp³-hybridized carbons (Fsp3) is 0.820. The van der Waals surface area contributed by atoms with Crippen LogP contribution in [0.1, 0.15) is 303 Å². The third-order valence-electron chi connectivity index (χ3n) is 13.2. The minimum absolute atomic E-state index is 0.0769. The summed E-state index contributed by atoms with van der Waals surface area (Å²) in [7, 11) is 0. The quantitative estimate of drug-likeness (QED) is 0.0421. The molecule has 0 radical (unpaired) electrons. The Morgan fingerprint density at radius 2 is 0.646 bits per heavy atom. The van der Waals surface area contributed by atoms with Crippen molar-refractivity contribution in [2.45, 2.75) is 315 Å². The molecular formula is C61H113NO3. The molecule has 380 valence electrons. The van der Waals surface area contributed by atoms with Gasteiger partial charge in [-0.25, -0.2) is 0 Å². The smallest absolute Gasteiger partial charge is 0.220 e. The average Bonchev–Trinajstić information content (AvgIpc) is 3.31. The van der Waals surface area contributed by atoms with Gasteiger partial charge >= 0.3 is 0 Å². The number of carbonyl (C=O) groups excluding carboxylic acids is 1. The zero-order chi connectivity index (χ0) is 47.0. The number of carbonyl (C=O) groups is 1. The Hall–Kier alpha value is -1.91. The van der Waals surface area contributed by atoms with Crippen LogP contribution in [-0.4, -0.2) is 34.9 Å². The molecule has 2 unspecified atom stereocenters. The molecule has 0 aromatic heterocycles. The summed E-state index contributed by atoms with van der Waals surface area (Å²) in [5.41, 5.74) is 0. The van der Waals surface area contributed by atoms with E-state index in [1.54, 1.807) is 6.08 Å². The lowest BCUT2D eigenvalue weighted by molar-refractivity contribution is -0.123. The first-order chi connectivity index (χ1) is 32.2. The maximum Gasteiger partial charge on any atom is 0.220 e. The summed E-state index contributed by atoms with van der Waals surface area (Å²) in [6, 6.07) is -0.649. The van der Waals surface area contributed by atoms with Gasteiger partial charge in [0.25, 0.3) is 0 Å². The van der Waals surface area contributed by atoms with Gasteiger partial charge in [-0.15, -0.1) is 0 Å². The second-order valence-corrected chi connectivity index (χ2v) is 19.7. The first-order valence-electron chi connectivity index (χ1n) is 29.0. The van der Waals surface area contributed by atoms with Crippen LogP contribution in [0.25, 0.3) is 0 Å². The van der Waals surface area contributed by atoms with Crippen molar-refractivity contribution in [3.8, 4) is 0 Å². The highest BCUT2D eigenvalue weighted by Crippen LogP contribution is 2.16. The molecule has 3 N–H and O–H groups in total. The van der Waals surface area contributed by atoms with Crippen molar-refractivity contribution < 1.29 is 15.0 Å². The van der Waals surface area contributed by atoms with Crippen molar-refractivity contribution in [2.24, 2.45) is 0 Å². The van der Waals surface area contributed by atoms with Crippen LogP contribution in [0.2, 0.25) is 0 Å². The van der Waals surface area contributed by atoms with E-state index in [2.05, 4.69) is 67.8 Å². The van der Waals surface area contributed by atoms with Crippen molar-refractivity contribution in [1.82, 2.24) is 5.32 Å². The summed E-state index contributed by atoms with van der Waals surface area (Å²) in [5.74, 6) is -0.0769. The van der Waals surface area contributed by atoms with E-state index in [1.165, 1.54) is 238 Å². The number of aliphatic hydroxyl groups is 2. The van der Waals surface area contributed by atoms with Crippen molar-refractivity contribution >= 4 is 5.91 Å². The molecule has 65 heavy (non-hydrogen) atoms. The number of hydrogen-bond donors (Lipinski definition) is 3. The van der Waals surface area contributed by atoms with Gasteiger partial charge in [-0.1, -0.05) is 280 Å². The van der Waals surface area contributed by atoms with Gasteiger partial charge in [-0.2, -0.15) is 0 Å². The molecule has 0 aliphatic heterocycles. The molecule has 0 rings (SSSR count). The first-order valence-corrected chi connectivity index (χ1v) is 29.0. The number of nitrogens with one attached hydrogen (secondary N) is 1. The van der Waals surface area contributed by atoms with Crippen molar-refractivity contribution in [1.29, 1.82) is 0 Å². The van der Waals surface area contributed by atoms with Crippen LogP contribution in [-0.2, 0) is 4.79 Å². The van der Waals surface area contributed by atoms with Crippen molar-refractivity contribution in [3.63, 3.8) is 0 Å². The summed E-state index contributed by atoms with van der Waals surface area (Å²) in [6.45, 7) is 4.32. The molecule has 0 bridgehead atoms. The van der Waals surface area contributed by atoms with Crippen LogP contribution in [0.5, 0.6) is 0 Å². The molecule has 0 saturated carbocycles. The molecule has 0 heterocycles. The van der Waals surface area contributed by atoms with Gasteiger partial charge in [0.15, 0.2) is 0 Å². The van der Waals surface area contributed by atoms with E-state index in [9.17, 15) is 15.0 Å². The Morgan fingerprint density at radius 3 is 0.985 bits per heavy atom. The molecule has 4 heteroatoms. The first kappa shape index (κ1) is 63.1. The van der Waals surface area contributed by atoms with Crippen LogP contribution in [0.4, 0.5) is 0 Å². The fourth-order valence-electron chi connectivity index (χ4n) is 8.77. The number of rotatable bonds is 53. The summed E-state index contributed by atoms with van der Waals surface area (Å²) in [6.07, 6.45) is 79.6. The van der Waals surface area contributed by atoms with Crippen LogP contribution in [0.15, 0.2) is 60.8 Å². The van der Waals surface area contributed by atoms with E-state index >= 15 is 0 Å². The Kier molecular flexibility index (Phi) is 54.8. The Bertz CT molecular complexity index is 1070. The van der Waals surface area contributed by atoms with Gasteiger partial charge in [-0.05, 0) is 77.0 Å². The summed E-state index contributed by atoms with van der Waals surface area (Å²) in [4.78, 5) is 12.5. The van der Waals surface area contributed by atoms with Gasteiger partial charge < -0.3 is 15.5 Å². The summed E-state index contributed by atoms with van der Waals surface area (Å²) in [5, 5.41) is 23.2. The normalized spacial score (nSPS) is 13.2. The molecule has 0 saturated heterocycles. The molecule has 1 amide bonds. The molecule has 0 aromatic rings. The Labute approximate surface area is 406 Å². The van der Waals surface area contributed by atoms with E-state index < -0.39 is 12.1 Å². The molecule has 0 aliphatic rings. The molecule has 0 spiro atoms. The van der Waals surface area contributed by atoms with E-state index in [0.29, 0.717) is 6.42 Å². The molecule has 0 aromatic carbocycles. The number of amides is 1. The highest BCUT2D eigenvalue weighted by Gasteiger charge is 2.18. The zero-order valence-corrected chi connectivity index (χ0v) is 43.8. The van der Waals surface area contributed by atoms with Crippen LogP contribution in [0, 0.1) is 0 Å². The van der Waals surface area contributed by atoms with E-state index in [1.807, 2.05) is 6.08 Å². The standard InChI is InChI=1S/C61H113NO3/c1-3-5-7-9-11-13-15-17-19-21-23-25-27-29-30-31-32-33-35-37-39-41-43-45-47-49-51-53-55-57-61(65)62-59(58-63)60(64)56-54-52-50-48-46-44-42-40-38-36-34-28-26-24-22-20-18-16-14-12-10-8-6-4-2/h23,25,29-30,38,40,46,48,54,56,59-60,63-64H,3-22,24,26-28,31-37,39,41-45,47,49-53,55,57-58H2,1-2H3,(H,62,65)/b25-23-,30-29-,40-38+,48-46+,56-54+. The molecule has 0 aliphatic carbocycles. The second kappa shape index (κ2) is 56.4. The zero-order valence-electron chi connectivity index (χ0n) is 43.8. The predicted octanol–water partition coefficient (Wildman–Crippen LogP) is 19.2. The second-order valence-electron chi connectivity index (χ2n) is 19.7. The lowest BCUT2D eigenvalue weighted by atomic mass is 10.0. The summed E-state index contributed by atoms with van der Waals surface area (Å²) < 4.78 is 0. The lowest BCUT2D eigenvalue weighted by Gasteiger charge is -2.19. The van der Waals surface area contributed by atoms with Crippen LogP contribution < -0.4 is 5.32 Å². The monoisotopic (exact) mass is 908 g/mol. The number of aliphatic hydroxyl groups excluding tert-OH is 2. The van der Waals surface area contributed by atoms with Gasteiger partial charge in [-0.3, -0.25) is 4.79 Å². The van der Waals surface area contributed by atoms with Crippen molar-refractivity contribution in [3.05, 3.63) is 60.8 Å². The van der Waals surface area contributed by atoms with Gasteiger partial charge in [0.05, 0.1) is 18.8 Å². The third kappa shape index (κ3) is 52.9. The third-order valence-corrected chi connectivity index (χ3v) is 13.2. The Balaban J connectivity index is 3.55. The van der Waals surface area contributed by atoms with E-state index in [0.717, 1.165) is 44.9 Å². The minimum Gasteiger partial charge on any atom is -0.394 e. The number of unbranched alkanes of at least 4 members (excludes halogenated alkanes) is 38. The lowest BCUT2D eigenvalue weighted by Crippen LogP contribution is -2.45. The fourth-order valence-corrected chi connectivity index (χ4v) is 8.77. The number of hydrogen-bond acceptors (Lipinski definition) is 3. The van der Waals surface area contributed by atoms with Crippen LogP contribution in [0.3, 0.4) is 0 Å². The van der Waals surface area contributed by atoms with Gasteiger partial charge in [0.1, 0.15) is 0 Å². The topological polar surface area (TPSA) is 69.6 Å². The SMILES string of the molecule is CCCCCCCCCCC/C=C\C/C=C\CCCCCCCCCCCCCCCC(=O)NC(CO)C(O)/C=C/CC/C=C/CC/C=C/CCCCCCCCCCCCCCCC.